The lowest BCUT2D eigenvalue weighted by Crippen LogP contribution is -2.35. The van der Waals surface area contributed by atoms with Crippen molar-refractivity contribution in [3.63, 3.8) is 0 Å². The molecular weight excluding hydrogens is 450 g/mol. The van der Waals surface area contributed by atoms with Gasteiger partial charge in [0.2, 0.25) is 0 Å². The van der Waals surface area contributed by atoms with Crippen LogP contribution in [0.25, 0.3) is 10.9 Å². The van der Waals surface area contributed by atoms with Crippen molar-refractivity contribution < 1.29 is 4.79 Å². The molecule has 0 unspecified atom stereocenters. The zero-order chi connectivity index (χ0) is 25.1. The number of nitrogens with zero attached hydrogens (tertiary/aromatic N) is 2. The highest BCUT2D eigenvalue weighted by Gasteiger charge is 2.22. The van der Waals surface area contributed by atoms with E-state index in [-0.39, 0.29) is 11.3 Å². The normalized spacial score (nSPS) is 14.5. The molecule has 0 radical (unpaired) electrons. The third-order valence-electron chi connectivity index (χ3n) is 6.54. The Kier molecular flexibility index (Phi) is 6.61. The van der Waals surface area contributed by atoms with Crippen molar-refractivity contribution in [2.45, 2.75) is 45.1 Å². The highest BCUT2D eigenvalue weighted by atomic mass is 16.1. The number of fused-ring (bicyclic) bond motifs is 1. The number of hydrogen-bond donors (Lipinski definition) is 5. The number of anilines is 4. The maximum absolute atomic E-state index is 13.3. The molecule has 5 rings (SSSR count). The summed E-state index contributed by atoms with van der Waals surface area (Å²) in [6.45, 7) is 8.67. The molecule has 1 aliphatic heterocycles. The molecule has 36 heavy (non-hydrogen) atoms. The van der Waals surface area contributed by atoms with Crippen LogP contribution < -0.4 is 21.3 Å². The summed E-state index contributed by atoms with van der Waals surface area (Å²) in [5, 5.41) is 21.6. The molecule has 2 aromatic heterocycles. The highest BCUT2D eigenvalue weighted by molar-refractivity contribution is 6.08. The fraction of sp³-hybridized carbons (Fsp3) is 0.321. The van der Waals surface area contributed by atoms with Gasteiger partial charge < -0.3 is 21.3 Å². The van der Waals surface area contributed by atoms with Gasteiger partial charge in [-0.2, -0.15) is 5.10 Å². The third-order valence-corrected chi connectivity index (χ3v) is 6.54. The number of pyridine rings is 1. The van der Waals surface area contributed by atoms with Crippen molar-refractivity contribution in [1.82, 2.24) is 20.5 Å². The van der Waals surface area contributed by atoms with E-state index < -0.39 is 0 Å². The van der Waals surface area contributed by atoms with Crippen molar-refractivity contribution >= 4 is 39.7 Å². The minimum atomic E-state index is -0.218. The van der Waals surface area contributed by atoms with Gasteiger partial charge in [-0.05, 0) is 79.4 Å². The number of nitrogens with one attached hydrogen (secondary N) is 5. The first kappa shape index (κ1) is 23.8. The van der Waals surface area contributed by atoms with Crippen LogP contribution in [0.1, 0.15) is 49.5 Å². The molecule has 8 nitrogen and oxygen atoms in total. The lowest BCUT2D eigenvalue weighted by molar-refractivity contribution is 0.102. The predicted molar refractivity (Wildman–Crippen MR) is 146 cm³/mol. The molecule has 0 atom stereocenters. The Hall–Kier alpha value is -3.91. The maximum atomic E-state index is 13.3. The van der Waals surface area contributed by atoms with Crippen molar-refractivity contribution in [1.29, 1.82) is 0 Å². The Bertz CT molecular complexity index is 1370. The second-order valence-corrected chi connectivity index (χ2v) is 10.3. The van der Waals surface area contributed by atoms with E-state index in [0.29, 0.717) is 17.4 Å². The summed E-state index contributed by atoms with van der Waals surface area (Å²) in [5.74, 6) is 0.276. The first-order valence-corrected chi connectivity index (χ1v) is 12.5. The van der Waals surface area contributed by atoms with Crippen LogP contribution in [0.15, 0.2) is 60.9 Å². The zero-order valence-corrected chi connectivity index (χ0v) is 21.0. The highest BCUT2D eigenvalue weighted by Crippen LogP contribution is 2.33. The van der Waals surface area contributed by atoms with Gasteiger partial charge in [0.05, 0.1) is 17.3 Å². The van der Waals surface area contributed by atoms with Gasteiger partial charge in [-0.1, -0.05) is 26.8 Å². The van der Waals surface area contributed by atoms with Crippen molar-refractivity contribution in [3.8, 4) is 0 Å². The van der Waals surface area contributed by atoms with Gasteiger partial charge in [-0.3, -0.25) is 9.89 Å². The zero-order valence-electron chi connectivity index (χ0n) is 21.0. The monoisotopic (exact) mass is 483 g/mol. The lowest BCUT2D eigenvalue weighted by Gasteiger charge is -2.29. The van der Waals surface area contributed by atoms with Gasteiger partial charge in [0, 0.05) is 34.7 Å². The minimum absolute atomic E-state index is 0.0199. The number of hydrogen-bond acceptors (Lipinski definition) is 6. The fourth-order valence-electron chi connectivity index (χ4n) is 4.62. The largest absolute Gasteiger partial charge is 0.382 e. The smallest absolute Gasteiger partial charge is 0.259 e. The number of H-pyrrole nitrogens is 1. The van der Waals surface area contributed by atoms with E-state index >= 15 is 0 Å². The maximum Gasteiger partial charge on any atom is 0.259 e. The van der Waals surface area contributed by atoms with Crippen molar-refractivity contribution in [2.24, 2.45) is 0 Å². The summed E-state index contributed by atoms with van der Waals surface area (Å²) in [4.78, 5) is 17.8. The number of aromatic nitrogens is 3. The standard InChI is InChI=1S/C28H33N7O/c1-28(2,3)23-9-8-21(16-25(23)32-19-10-13-29-14-11-19)34-27(36)22-5-4-12-30-26(22)33-20-7-6-18-17-31-35-24(18)15-20/h4-9,12,15-17,19,29,32H,10-11,13-14H2,1-3H3,(H,30,33)(H,31,35)(H,34,36). The second kappa shape index (κ2) is 9.99. The molecular formula is C28H33N7O. The van der Waals surface area contributed by atoms with E-state index in [4.69, 9.17) is 0 Å². The Balaban J connectivity index is 1.37. The molecule has 0 bridgehead atoms. The van der Waals surface area contributed by atoms with Crippen LogP contribution in [-0.2, 0) is 5.41 Å². The van der Waals surface area contributed by atoms with Crippen molar-refractivity contribution in [3.05, 3.63) is 72.1 Å². The van der Waals surface area contributed by atoms with Gasteiger partial charge >= 0.3 is 0 Å². The number of carbonyl (C=O) groups excluding carboxylic acids is 1. The fourth-order valence-corrected chi connectivity index (χ4v) is 4.62. The summed E-state index contributed by atoms with van der Waals surface area (Å²) in [6.07, 6.45) is 5.61. The van der Waals surface area contributed by atoms with Crippen LogP contribution in [0.5, 0.6) is 0 Å². The number of amides is 1. The van der Waals surface area contributed by atoms with E-state index in [9.17, 15) is 4.79 Å². The van der Waals surface area contributed by atoms with Gasteiger partial charge in [0.1, 0.15) is 5.82 Å². The average molecular weight is 484 g/mol. The van der Waals surface area contributed by atoms with Crippen LogP contribution in [0.3, 0.4) is 0 Å². The summed E-state index contributed by atoms with van der Waals surface area (Å²) in [6, 6.07) is 16.0. The Morgan fingerprint density at radius 3 is 2.64 bits per heavy atom. The Morgan fingerprint density at radius 2 is 1.83 bits per heavy atom. The molecule has 0 saturated carbocycles. The summed E-state index contributed by atoms with van der Waals surface area (Å²) in [5.41, 5.74) is 5.24. The molecule has 1 saturated heterocycles. The molecule has 5 N–H and O–H groups in total. The molecule has 1 fully saturated rings. The number of carbonyl (C=O) groups is 1. The van der Waals surface area contributed by atoms with Crippen LogP contribution in [0.4, 0.5) is 22.9 Å². The van der Waals surface area contributed by atoms with Crippen LogP contribution >= 0.6 is 0 Å². The van der Waals surface area contributed by atoms with Gasteiger partial charge in [-0.15, -0.1) is 0 Å². The predicted octanol–water partition coefficient (Wildman–Crippen LogP) is 5.42. The minimum Gasteiger partial charge on any atom is -0.382 e. The van der Waals surface area contributed by atoms with Crippen molar-refractivity contribution in [2.75, 3.05) is 29.0 Å². The van der Waals surface area contributed by atoms with Crippen LogP contribution in [0.2, 0.25) is 0 Å². The first-order valence-electron chi connectivity index (χ1n) is 12.5. The first-order chi connectivity index (χ1) is 17.4. The van der Waals surface area contributed by atoms with Crippen LogP contribution in [0, 0.1) is 0 Å². The lowest BCUT2D eigenvalue weighted by atomic mass is 9.85. The Labute approximate surface area is 211 Å². The molecule has 3 heterocycles. The second-order valence-electron chi connectivity index (χ2n) is 10.3. The summed E-state index contributed by atoms with van der Waals surface area (Å²) in [7, 11) is 0. The molecule has 4 aromatic rings. The molecule has 186 valence electrons. The molecule has 0 spiro atoms. The SMILES string of the molecule is CC(C)(C)c1ccc(NC(=O)c2cccnc2Nc2ccc3cn[nH]c3c2)cc1NC1CCNCC1. The summed E-state index contributed by atoms with van der Waals surface area (Å²) >= 11 is 0. The number of piperidine rings is 1. The topological polar surface area (TPSA) is 107 Å². The van der Waals surface area contributed by atoms with Gasteiger partial charge in [0.25, 0.3) is 5.91 Å². The van der Waals surface area contributed by atoms with E-state index in [1.807, 2.05) is 24.3 Å². The molecule has 1 aliphatic rings. The van der Waals surface area contributed by atoms with E-state index in [1.165, 1.54) is 5.56 Å². The number of benzene rings is 2. The number of rotatable bonds is 6. The Morgan fingerprint density at radius 1 is 1.03 bits per heavy atom. The molecule has 1 amide bonds. The molecule has 2 aromatic carbocycles. The molecule has 0 aliphatic carbocycles. The quantitative estimate of drug-likeness (QED) is 0.251. The van der Waals surface area contributed by atoms with E-state index in [2.05, 4.69) is 69.4 Å². The van der Waals surface area contributed by atoms with E-state index in [0.717, 1.165) is 53.9 Å². The molecule has 8 heteroatoms. The third kappa shape index (κ3) is 5.33. The van der Waals surface area contributed by atoms with E-state index in [1.54, 1.807) is 24.5 Å². The van der Waals surface area contributed by atoms with Gasteiger partial charge in [0.15, 0.2) is 0 Å². The number of aromatic amines is 1. The van der Waals surface area contributed by atoms with Crippen LogP contribution in [-0.4, -0.2) is 40.2 Å². The van der Waals surface area contributed by atoms with Gasteiger partial charge in [-0.25, -0.2) is 4.98 Å². The summed E-state index contributed by atoms with van der Waals surface area (Å²) < 4.78 is 0. The average Bonchev–Trinajstić information content (AvgIpc) is 3.32.